The van der Waals surface area contributed by atoms with Crippen LogP contribution >= 0.6 is 11.3 Å². The van der Waals surface area contributed by atoms with Crippen molar-refractivity contribution in [3.63, 3.8) is 0 Å². The zero-order chi connectivity index (χ0) is 9.84. The Hall–Kier alpha value is -0.410. The number of aryl methyl sites for hydroxylation is 1. The van der Waals surface area contributed by atoms with E-state index >= 15 is 0 Å². The maximum absolute atomic E-state index is 4.55. The lowest BCUT2D eigenvalue weighted by molar-refractivity contribution is 0.785. The molecule has 0 amide bonds. The van der Waals surface area contributed by atoms with Gasteiger partial charge in [0.1, 0.15) is 0 Å². The van der Waals surface area contributed by atoms with Crippen molar-refractivity contribution in [3.05, 3.63) is 15.6 Å². The van der Waals surface area contributed by atoms with Crippen molar-refractivity contribution in [2.75, 3.05) is 13.6 Å². The summed E-state index contributed by atoms with van der Waals surface area (Å²) < 4.78 is 0. The molecule has 1 rings (SSSR count). The van der Waals surface area contributed by atoms with Crippen molar-refractivity contribution in [3.8, 4) is 0 Å². The van der Waals surface area contributed by atoms with Gasteiger partial charge in [0.15, 0.2) is 0 Å². The fourth-order valence-electron chi connectivity index (χ4n) is 1.34. The molecular formula is C10H18N2S. The van der Waals surface area contributed by atoms with Crippen molar-refractivity contribution in [2.45, 2.75) is 33.1 Å². The highest BCUT2D eigenvalue weighted by atomic mass is 32.1. The summed E-state index contributed by atoms with van der Waals surface area (Å²) in [4.78, 5) is 5.98. The van der Waals surface area contributed by atoms with Gasteiger partial charge >= 0.3 is 0 Å². The molecule has 13 heavy (non-hydrogen) atoms. The van der Waals surface area contributed by atoms with Gasteiger partial charge in [0.25, 0.3) is 0 Å². The van der Waals surface area contributed by atoms with Gasteiger partial charge in [0.2, 0.25) is 0 Å². The molecule has 0 aromatic carbocycles. The lowest BCUT2D eigenvalue weighted by atomic mass is 10.1. The highest BCUT2D eigenvalue weighted by Gasteiger charge is 2.09. The molecule has 74 valence electrons. The average Bonchev–Trinajstić information content (AvgIpc) is 2.43. The first-order valence-corrected chi connectivity index (χ1v) is 5.57. The van der Waals surface area contributed by atoms with E-state index in [2.05, 4.69) is 31.1 Å². The van der Waals surface area contributed by atoms with Crippen LogP contribution < -0.4 is 5.32 Å². The molecule has 1 aromatic heterocycles. The van der Waals surface area contributed by atoms with Crippen molar-refractivity contribution in [1.82, 2.24) is 10.3 Å². The Morgan fingerprint density at radius 3 is 2.62 bits per heavy atom. The molecule has 0 aliphatic heterocycles. The first-order chi connectivity index (χ1) is 6.15. The molecule has 0 bridgehead atoms. The van der Waals surface area contributed by atoms with Crippen LogP contribution in [0, 0.1) is 6.92 Å². The van der Waals surface area contributed by atoms with Crippen LogP contribution in [0.15, 0.2) is 0 Å². The van der Waals surface area contributed by atoms with Gasteiger partial charge in [-0.25, -0.2) is 4.98 Å². The summed E-state index contributed by atoms with van der Waals surface area (Å²) in [6.45, 7) is 7.57. The van der Waals surface area contributed by atoms with Crippen molar-refractivity contribution < 1.29 is 0 Å². The van der Waals surface area contributed by atoms with E-state index < -0.39 is 0 Å². The molecule has 1 N–H and O–H groups in total. The van der Waals surface area contributed by atoms with Crippen LogP contribution in [0.1, 0.15) is 35.3 Å². The number of thiazole rings is 1. The Morgan fingerprint density at radius 1 is 1.46 bits per heavy atom. The molecule has 1 aromatic rings. The molecular weight excluding hydrogens is 180 g/mol. The van der Waals surface area contributed by atoms with Crippen molar-refractivity contribution in [2.24, 2.45) is 0 Å². The zero-order valence-corrected chi connectivity index (χ0v) is 9.66. The van der Waals surface area contributed by atoms with Crippen molar-refractivity contribution >= 4 is 11.3 Å². The number of likely N-dealkylation sites (N-methyl/N-ethyl adjacent to an activating group) is 1. The van der Waals surface area contributed by atoms with Crippen molar-refractivity contribution in [1.29, 1.82) is 0 Å². The summed E-state index contributed by atoms with van der Waals surface area (Å²) in [6.07, 6.45) is 1.05. The third-order valence-corrected chi connectivity index (χ3v) is 3.51. The van der Waals surface area contributed by atoms with E-state index in [1.54, 1.807) is 0 Å². The van der Waals surface area contributed by atoms with Gasteiger partial charge in [-0.3, -0.25) is 0 Å². The van der Waals surface area contributed by atoms with Crippen LogP contribution in [0.4, 0.5) is 0 Å². The molecule has 0 saturated heterocycles. The summed E-state index contributed by atoms with van der Waals surface area (Å²) in [5.74, 6) is 0.612. The van der Waals surface area contributed by atoms with Crippen LogP contribution in [0.25, 0.3) is 0 Å². The van der Waals surface area contributed by atoms with E-state index in [0.29, 0.717) is 5.92 Å². The van der Waals surface area contributed by atoms with Crippen LogP contribution in [-0.4, -0.2) is 18.6 Å². The standard InChI is InChI=1S/C10H18N2S/c1-7(2)10-8(3)12-9(13-10)5-6-11-4/h7,11H,5-6H2,1-4H3. The second-order valence-corrected chi connectivity index (χ2v) is 4.68. The predicted molar refractivity (Wildman–Crippen MR) is 58.6 cm³/mol. The monoisotopic (exact) mass is 198 g/mol. The lowest BCUT2D eigenvalue weighted by Crippen LogP contribution is -2.09. The van der Waals surface area contributed by atoms with Gasteiger partial charge in [-0.1, -0.05) is 13.8 Å². The highest BCUT2D eigenvalue weighted by molar-refractivity contribution is 7.11. The third kappa shape index (κ3) is 2.78. The lowest BCUT2D eigenvalue weighted by Gasteiger charge is -1.99. The highest BCUT2D eigenvalue weighted by Crippen LogP contribution is 2.25. The minimum absolute atomic E-state index is 0.612. The molecule has 0 fully saturated rings. The SMILES string of the molecule is CNCCc1nc(C)c(C(C)C)s1. The van der Waals surface area contributed by atoms with E-state index in [-0.39, 0.29) is 0 Å². The Bertz CT molecular complexity index is 266. The van der Waals surface area contributed by atoms with Gasteiger partial charge in [-0.2, -0.15) is 0 Å². The number of aromatic nitrogens is 1. The van der Waals surface area contributed by atoms with Crippen LogP contribution in [0.3, 0.4) is 0 Å². The van der Waals surface area contributed by atoms with Gasteiger partial charge in [0.05, 0.1) is 10.7 Å². The zero-order valence-electron chi connectivity index (χ0n) is 8.85. The summed E-state index contributed by atoms with van der Waals surface area (Å²) >= 11 is 1.86. The molecule has 0 saturated carbocycles. The van der Waals surface area contributed by atoms with E-state index in [1.165, 1.54) is 15.6 Å². The van der Waals surface area contributed by atoms with Crippen LogP contribution in [0.5, 0.6) is 0 Å². The maximum Gasteiger partial charge on any atom is 0.0943 e. The normalized spacial score (nSPS) is 11.2. The topological polar surface area (TPSA) is 24.9 Å². The minimum atomic E-state index is 0.612. The Balaban J connectivity index is 2.71. The fourth-order valence-corrected chi connectivity index (χ4v) is 2.41. The Kier molecular flexibility index (Phi) is 3.88. The smallest absolute Gasteiger partial charge is 0.0943 e. The maximum atomic E-state index is 4.55. The number of hydrogen-bond donors (Lipinski definition) is 1. The third-order valence-electron chi connectivity index (χ3n) is 1.99. The second kappa shape index (κ2) is 4.72. The van der Waals surface area contributed by atoms with Crippen LogP contribution in [0.2, 0.25) is 0 Å². The summed E-state index contributed by atoms with van der Waals surface area (Å²) in [5, 5.41) is 4.40. The second-order valence-electron chi connectivity index (χ2n) is 3.57. The molecule has 0 radical (unpaired) electrons. The molecule has 0 spiro atoms. The van der Waals surface area contributed by atoms with Crippen LogP contribution in [-0.2, 0) is 6.42 Å². The molecule has 0 atom stereocenters. The number of rotatable bonds is 4. The average molecular weight is 198 g/mol. The molecule has 2 nitrogen and oxygen atoms in total. The molecule has 0 unspecified atom stereocenters. The number of nitrogens with zero attached hydrogens (tertiary/aromatic N) is 1. The predicted octanol–water partition coefficient (Wildman–Crippen LogP) is 2.34. The van der Waals surface area contributed by atoms with Gasteiger partial charge in [-0.05, 0) is 19.9 Å². The summed E-state index contributed by atoms with van der Waals surface area (Å²) in [5.41, 5.74) is 1.21. The molecule has 1 heterocycles. The largest absolute Gasteiger partial charge is 0.319 e. The van der Waals surface area contributed by atoms with Gasteiger partial charge in [-0.15, -0.1) is 11.3 Å². The molecule has 3 heteroatoms. The fraction of sp³-hybridized carbons (Fsp3) is 0.700. The minimum Gasteiger partial charge on any atom is -0.319 e. The Labute approximate surface area is 84.4 Å². The van der Waals surface area contributed by atoms with Gasteiger partial charge in [0, 0.05) is 17.8 Å². The summed E-state index contributed by atoms with van der Waals surface area (Å²) in [6, 6.07) is 0. The molecule has 0 aliphatic carbocycles. The Morgan fingerprint density at radius 2 is 2.15 bits per heavy atom. The van der Waals surface area contributed by atoms with E-state index in [1.807, 2.05) is 18.4 Å². The number of hydrogen-bond acceptors (Lipinski definition) is 3. The van der Waals surface area contributed by atoms with Gasteiger partial charge < -0.3 is 5.32 Å². The summed E-state index contributed by atoms with van der Waals surface area (Å²) in [7, 11) is 1.98. The molecule has 0 aliphatic rings. The number of nitrogens with one attached hydrogen (secondary N) is 1. The van der Waals surface area contributed by atoms with E-state index in [0.717, 1.165) is 13.0 Å². The van der Waals surface area contributed by atoms with E-state index in [9.17, 15) is 0 Å². The first-order valence-electron chi connectivity index (χ1n) is 4.76. The quantitative estimate of drug-likeness (QED) is 0.803. The first kappa shape index (κ1) is 10.7. The van der Waals surface area contributed by atoms with E-state index in [4.69, 9.17) is 0 Å².